The highest BCUT2D eigenvalue weighted by atomic mass is 35.5. The molecule has 4 rings (SSSR count). The second kappa shape index (κ2) is 8.63. The summed E-state index contributed by atoms with van der Waals surface area (Å²) in [7, 11) is 0. The maximum Gasteiger partial charge on any atom is 0.281 e. The van der Waals surface area contributed by atoms with Gasteiger partial charge in [0.15, 0.2) is 0 Å². The average Bonchev–Trinajstić information content (AvgIpc) is 3.09. The minimum atomic E-state index is -0.411. The summed E-state index contributed by atoms with van der Waals surface area (Å²) in [6.45, 7) is 3.76. The number of carbonyl (C=O) groups is 1. The molecule has 0 aliphatic heterocycles. The first-order valence-corrected chi connectivity index (χ1v) is 11.3. The van der Waals surface area contributed by atoms with Crippen LogP contribution in [0.15, 0.2) is 70.6 Å². The molecule has 0 saturated carbocycles. The van der Waals surface area contributed by atoms with Crippen LogP contribution < -0.4 is 11.0 Å². The Morgan fingerprint density at radius 2 is 1.87 bits per heavy atom. The van der Waals surface area contributed by atoms with E-state index in [1.807, 2.05) is 49.4 Å². The number of thiophene rings is 1. The molecule has 0 saturated heterocycles. The topological polar surface area (TPSA) is 64.0 Å². The number of halogens is 1. The first-order chi connectivity index (χ1) is 14.4. The number of rotatable bonds is 5. The van der Waals surface area contributed by atoms with E-state index in [0.29, 0.717) is 15.2 Å². The molecule has 0 fully saturated rings. The third kappa shape index (κ3) is 4.14. The summed E-state index contributed by atoms with van der Waals surface area (Å²) in [5.41, 5.74) is 4.21. The molecule has 8 heteroatoms. The van der Waals surface area contributed by atoms with Crippen LogP contribution in [-0.4, -0.2) is 20.8 Å². The zero-order valence-electron chi connectivity index (χ0n) is 16.3. The molecule has 2 aromatic carbocycles. The number of fused-ring (bicyclic) bond motifs is 1. The summed E-state index contributed by atoms with van der Waals surface area (Å²) in [5.74, 6) is -0.286. The number of carbonyl (C=O) groups excluding carboxylic acids is 1. The van der Waals surface area contributed by atoms with Crippen LogP contribution in [0.2, 0.25) is 5.02 Å². The standard InChI is InChI=1S/C22H18ClN3O2S2/c1-13-18(15-6-4-3-5-7-15)19-21(30-13)24-12-26(22(19)28)25-20(27)14(2)29-17-10-8-16(23)9-11-17/h3-12,14H,1-2H3,(H,25,27). The summed E-state index contributed by atoms with van der Waals surface area (Å²) in [4.78, 5) is 32.9. The van der Waals surface area contributed by atoms with Crippen LogP contribution in [0.25, 0.3) is 21.3 Å². The molecule has 0 aliphatic carbocycles. The van der Waals surface area contributed by atoms with Crippen molar-refractivity contribution in [2.24, 2.45) is 0 Å². The van der Waals surface area contributed by atoms with Gasteiger partial charge in [0.25, 0.3) is 11.5 Å². The number of hydrogen-bond acceptors (Lipinski definition) is 5. The van der Waals surface area contributed by atoms with Gasteiger partial charge in [0, 0.05) is 20.4 Å². The molecule has 0 bridgehead atoms. The van der Waals surface area contributed by atoms with Crippen molar-refractivity contribution < 1.29 is 4.79 Å². The molecule has 5 nitrogen and oxygen atoms in total. The Bertz CT molecular complexity index is 1270. The SMILES string of the molecule is Cc1sc2ncn(NC(=O)C(C)Sc3ccc(Cl)cc3)c(=O)c2c1-c1ccccc1. The molecule has 2 aromatic heterocycles. The summed E-state index contributed by atoms with van der Waals surface area (Å²) >= 11 is 8.77. The smallest absolute Gasteiger partial charge is 0.272 e. The van der Waals surface area contributed by atoms with Gasteiger partial charge in [-0.2, -0.15) is 0 Å². The fourth-order valence-corrected chi connectivity index (χ4v) is 5.11. The first-order valence-electron chi connectivity index (χ1n) is 9.23. The van der Waals surface area contributed by atoms with E-state index in [2.05, 4.69) is 10.4 Å². The van der Waals surface area contributed by atoms with Crippen molar-refractivity contribution in [3.8, 4) is 11.1 Å². The third-order valence-electron chi connectivity index (χ3n) is 4.58. The lowest BCUT2D eigenvalue weighted by molar-refractivity contribution is -0.116. The fraction of sp³-hybridized carbons (Fsp3) is 0.136. The van der Waals surface area contributed by atoms with E-state index in [-0.39, 0.29) is 11.5 Å². The number of benzene rings is 2. The predicted octanol–water partition coefficient (Wildman–Crippen LogP) is 5.34. The number of nitrogens with zero attached hydrogens (tertiary/aromatic N) is 2. The lowest BCUT2D eigenvalue weighted by atomic mass is 10.0. The summed E-state index contributed by atoms with van der Waals surface area (Å²) < 4.78 is 1.17. The van der Waals surface area contributed by atoms with Gasteiger partial charge in [-0.25, -0.2) is 9.66 Å². The first kappa shape index (κ1) is 20.7. The van der Waals surface area contributed by atoms with Crippen LogP contribution in [0.5, 0.6) is 0 Å². The quantitative estimate of drug-likeness (QED) is 0.413. The van der Waals surface area contributed by atoms with Gasteiger partial charge in [0.2, 0.25) is 0 Å². The summed E-state index contributed by atoms with van der Waals surface area (Å²) in [6.07, 6.45) is 1.37. The molecule has 0 radical (unpaired) electrons. The van der Waals surface area contributed by atoms with Crippen LogP contribution >= 0.6 is 34.7 Å². The fourth-order valence-electron chi connectivity index (χ4n) is 3.11. The Kier molecular flexibility index (Phi) is 5.94. The van der Waals surface area contributed by atoms with Gasteiger partial charge >= 0.3 is 0 Å². The zero-order chi connectivity index (χ0) is 21.3. The van der Waals surface area contributed by atoms with Gasteiger partial charge in [-0.1, -0.05) is 41.9 Å². The molecule has 30 heavy (non-hydrogen) atoms. The monoisotopic (exact) mass is 455 g/mol. The summed E-state index contributed by atoms with van der Waals surface area (Å²) in [5, 5.41) is 0.749. The number of thioether (sulfide) groups is 1. The molecule has 1 amide bonds. The van der Waals surface area contributed by atoms with Crippen molar-refractivity contribution in [1.29, 1.82) is 0 Å². The highest BCUT2D eigenvalue weighted by Crippen LogP contribution is 2.35. The Morgan fingerprint density at radius 3 is 2.57 bits per heavy atom. The summed E-state index contributed by atoms with van der Waals surface area (Å²) in [6, 6.07) is 17.0. The minimum absolute atomic E-state index is 0.286. The van der Waals surface area contributed by atoms with Gasteiger partial charge in [-0.15, -0.1) is 23.1 Å². The Hall–Kier alpha value is -2.61. The molecule has 1 atom stereocenters. The van der Waals surface area contributed by atoms with Gasteiger partial charge in [-0.05, 0) is 43.7 Å². The molecular weight excluding hydrogens is 438 g/mol. The Morgan fingerprint density at radius 1 is 1.17 bits per heavy atom. The van der Waals surface area contributed by atoms with E-state index in [1.165, 1.54) is 34.1 Å². The Balaban J connectivity index is 1.63. The molecular formula is C22H18ClN3O2S2. The minimum Gasteiger partial charge on any atom is -0.272 e. The van der Waals surface area contributed by atoms with E-state index in [4.69, 9.17) is 11.6 Å². The van der Waals surface area contributed by atoms with E-state index >= 15 is 0 Å². The van der Waals surface area contributed by atoms with Crippen molar-refractivity contribution in [2.45, 2.75) is 24.0 Å². The predicted molar refractivity (Wildman–Crippen MR) is 125 cm³/mol. The van der Waals surface area contributed by atoms with Crippen molar-refractivity contribution in [3.05, 3.63) is 81.2 Å². The average molecular weight is 456 g/mol. The lowest BCUT2D eigenvalue weighted by Gasteiger charge is -2.13. The van der Waals surface area contributed by atoms with Gasteiger partial charge in [0.1, 0.15) is 11.2 Å². The number of nitrogens with one attached hydrogen (secondary N) is 1. The highest BCUT2D eigenvalue weighted by molar-refractivity contribution is 8.00. The number of aryl methyl sites for hydroxylation is 1. The molecule has 2 heterocycles. The molecule has 0 spiro atoms. The molecule has 0 aliphatic rings. The van der Waals surface area contributed by atoms with E-state index < -0.39 is 5.25 Å². The van der Waals surface area contributed by atoms with Crippen LogP contribution in [0.3, 0.4) is 0 Å². The van der Waals surface area contributed by atoms with Crippen molar-refractivity contribution >= 4 is 50.8 Å². The second-order valence-electron chi connectivity index (χ2n) is 6.69. The van der Waals surface area contributed by atoms with Gasteiger partial charge in [0.05, 0.1) is 10.6 Å². The van der Waals surface area contributed by atoms with Crippen molar-refractivity contribution in [2.75, 3.05) is 5.43 Å². The van der Waals surface area contributed by atoms with E-state index in [1.54, 1.807) is 19.1 Å². The van der Waals surface area contributed by atoms with Crippen LogP contribution in [-0.2, 0) is 4.79 Å². The molecule has 4 aromatic rings. The normalized spacial score (nSPS) is 12.1. The molecule has 1 unspecified atom stereocenters. The Labute approximate surface area is 186 Å². The van der Waals surface area contributed by atoms with Gasteiger partial charge < -0.3 is 0 Å². The zero-order valence-corrected chi connectivity index (χ0v) is 18.6. The highest BCUT2D eigenvalue weighted by Gasteiger charge is 2.19. The van der Waals surface area contributed by atoms with Crippen LogP contribution in [0.1, 0.15) is 11.8 Å². The molecule has 152 valence electrons. The maximum atomic E-state index is 13.2. The number of hydrogen-bond donors (Lipinski definition) is 1. The van der Waals surface area contributed by atoms with Gasteiger partial charge in [-0.3, -0.25) is 15.0 Å². The van der Waals surface area contributed by atoms with E-state index in [0.717, 1.165) is 20.9 Å². The van der Waals surface area contributed by atoms with Crippen molar-refractivity contribution in [3.63, 3.8) is 0 Å². The van der Waals surface area contributed by atoms with Crippen molar-refractivity contribution in [1.82, 2.24) is 9.66 Å². The largest absolute Gasteiger partial charge is 0.281 e. The third-order valence-corrected chi connectivity index (χ3v) is 6.95. The van der Waals surface area contributed by atoms with Crippen LogP contribution in [0, 0.1) is 6.92 Å². The van der Waals surface area contributed by atoms with Crippen LogP contribution in [0.4, 0.5) is 0 Å². The number of aromatic nitrogens is 2. The lowest BCUT2D eigenvalue weighted by Crippen LogP contribution is -2.36. The van der Waals surface area contributed by atoms with E-state index in [9.17, 15) is 9.59 Å². The maximum absolute atomic E-state index is 13.2. The second-order valence-corrected chi connectivity index (χ2v) is 9.74. The number of amides is 1. The molecule has 1 N–H and O–H groups in total.